The van der Waals surface area contributed by atoms with E-state index in [1.807, 2.05) is 19.1 Å². The Morgan fingerprint density at radius 1 is 1.50 bits per heavy atom. The second-order valence-corrected chi connectivity index (χ2v) is 5.04. The molecule has 2 rings (SSSR count). The Balaban J connectivity index is 2.26. The van der Waals surface area contributed by atoms with Crippen molar-refractivity contribution in [1.82, 2.24) is 4.98 Å². The van der Waals surface area contributed by atoms with Crippen molar-refractivity contribution in [2.75, 3.05) is 5.32 Å². The molecule has 0 bridgehead atoms. The molecule has 0 unspecified atom stereocenters. The van der Waals surface area contributed by atoms with Crippen molar-refractivity contribution in [1.29, 1.82) is 0 Å². The van der Waals surface area contributed by atoms with Gasteiger partial charge >= 0.3 is 0 Å². The summed E-state index contributed by atoms with van der Waals surface area (Å²) in [5.41, 5.74) is 9.58. The summed E-state index contributed by atoms with van der Waals surface area (Å²) in [6.45, 7) is 1.91. The van der Waals surface area contributed by atoms with Crippen LogP contribution in [0.3, 0.4) is 0 Å². The highest BCUT2D eigenvalue weighted by Crippen LogP contribution is 2.18. The van der Waals surface area contributed by atoms with E-state index < -0.39 is 0 Å². The Labute approximate surface area is 114 Å². The SMILES string of the molecule is Cc1ccc(C(N)=S)cc1NC(=O)c1cncs1. The maximum Gasteiger partial charge on any atom is 0.267 e. The molecule has 6 heteroatoms. The Morgan fingerprint density at radius 3 is 2.89 bits per heavy atom. The quantitative estimate of drug-likeness (QED) is 0.845. The fraction of sp³-hybridized carbons (Fsp3) is 0.0833. The van der Waals surface area contributed by atoms with Gasteiger partial charge in [0.2, 0.25) is 0 Å². The fourth-order valence-corrected chi connectivity index (χ4v) is 2.06. The zero-order chi connectivity index (χ0) is 13.1. The van der Waals surface area contributed by atoms with Crippen molar-refractivity contribution in [3.05, 3.63) is 45.9 Å². The minimum absolute atomic E-state index is 0.180. The van der Waals surface area contributed by atoms with Gasteiger partial charge in [0, 0.05) is 11.3 Å². The van der Waals surface area contributed by atoms with Gasteiger partial charge < -0.3 is 11.1 Å². The first-order valence-electron chi connectivity index (χ1n) is 5.18. The molecule has 0 spiro atoms. The standard InChI is InChI=1S/C12H11N3OS2/c1-7-2-3-8(11(13)17)4-9(7)15-12(16)10-5-14-6-18-10/h2-6H,1H3,(H2,13,17)(H,15,16). The number of carbonyl (C=O) groups excluding carboxylic acids is 1. The Bertz CT molecular complexity index is 593. The molecule has 1 aromatic heterocycles. The first-order chi connectivity index (χ1) is 8.58. The third kappa shape index (κ3) is 2.72. The van der Waals surface area contributed by atoms with Gasteiger partial charge in [-0.25, -0.2) is 0 Å². The van der Waals surface area contributed by atoms with Crippen molar-refractivity contribution < 1.29 is 4.79 Å². The van der Waals surface area contributed by atoms with Crippen LogP contribution >= 0.6 is 23.6 Å². The van der Waals surface area contributed by atoms with Gasteiger partial charge in [0.1, 0.15) is 9.87 Å². The van der Waals surface area contributed by atoms with Crippen molar-refractivity contribution in [3.63, 3.8) is 0 Å². The van der Waals surface area contributed by atoms with Gasteiger partial charge in [-0.3, -0.25) is 9.78 Å². The zero-order valence-electron chi connectivity index (χ0n) is 9.64. The van der Waals surface area contributed by atoms with Crippen LogP contribution < -0.4 is 11.1 Å². The molecule has 0 aliphatic rings. The molecular formula is C12H11N3OS2. The number of aromatic nitrogens is 1. The average molecular weight is 277 g/mol. The molecule has 0 saturated carbocycles. The normalized spacial score (nSPS) is 10.1. The number of nitrogens with one attached hydrogen (secondary N) is 1. The highest BCUT2D eigenvalue weighted by Gasteiger charge is 2.10. The predicted molar refractivity (Wildman–Crippen MR) is 77.1 cm³/mol. The number of thiocarbonyl (C=S) groups is 1. The van der Waals surface area contributed by atoms with Gasteiger partial charge in [-0.1, -0.05) is 24.4 Å². The number of hydrogen-bond donors (Lipinski definition) is 2. The van der Waals surface area contributed by atoms with Gasteiger partial charge in [0.25, 0.3) is 5.91 Å². The molecule has 0 fully saturated rings. The summed E-state index contributed by atoms with van der Waals surface area (Å²) in [7, 11) is 0. The van der Waals surface area contributed by atoms with E-state index in [-0.39, 0.29) is 5.91 Å². The van der Waals surface area contributed by atoms with E-state index in [4.69, 9.17) is 18.0 Å². The van der Waals surface area contributed by atoms with Gasteiger partial charge in [0.05, 0.1) is 11.7 Å². The van der Waals surface area contributed by atoms with E-state index in [0.717, 1.165) is 11.1 Å². The Hall–Kier alpha value is -1.79. The van der Waals surface area contributed by atoms with Crippen LogP contribution in [0.15, 0.2) is 29.9 Å². The number of thiazole rings is 1. The summed E-state index contributed by atoms with van der Waals surface area (Å²) in [6, 6.07) is 5.48. The summed E-state index contributed by atoms with van der Waals surface area (Å²) < 4.78 is 0. The molecule has 0 atom stereocenters. The molecular weight excluding hydrogens is 266 g/mol. The van der Waals surface area contributed by atoms with Crippen LogP contribution in [-0.4, -0.2) is 15.9 Å². The van der Waals surface area contributed by atoms with Gasteiger partial charge in [0.15, 0.2) is 0 Å². The van der Waals surface area contributed by atoms with Crippen LogP contribution in [0.5, 0.6) is 0 Å². The molecule has 0 aliphatic heterocycles. The van der Waals surface area contributed by atoms with Crippen molar-refractivity contribution >= 4 is 40.1 Å². The number of anilines is 1. The number of nitrogens with zero attached hydrogens (tertiary/aromatic N) is 1. The number of benzene rings is 1. The lowest BCUT2D eigenvalue weighted by molar-refractivity contribution is 0.103. The van der Waals surface area contributed by atoms with Crippen LogP contribution in [0.1, 0.15) is 20.8 Å². The minimum Gasteiger partial charge on any atom is -0.389 e. The van der Waals surface area contributed by atoms with Crippen molar-refractivity contribution in [3.8, 4) is 0 Å². The summed E-state index contributed by atoms with van der Waals surface area (Å²) in [6.07, 6.45) is 1.53. The van der Waals surface area contributed by atoms with Crippen LogP contribution in [0.2, 0.25) is 0 Å². The van der Waals surface area contributed by atoms with Crippen molar-refractivity contribution in [2.45, 2.75) is 6.92 Å². The molecule has 1 heterocycles. The molecule has 92 valence electrons. The highest BCUT2D eigenvalue weighted by atomic mass is 32.1. The highest BCUT2D eigenvalue weighted by molar-refractivity contribution is 7.80. The zero-order valence-corrected chi connectivity index (χ0v) is 11.3. The lowest BCUT2D eigenvalue weighted by Crippen LogP contribution is -2.14. The molecule has 18 heavy (non-hydrogen) atoms. The molecule has 2 aromatic rings. The van der Waals surface area contributed by atoms with Gasteiger partial charge in [-0.15, -0.1) is 11.3 Å². The number of rotatable bonds is 3. The first-order valence-corrected chi connectivity index (χ1v) is 6.47. The van der Waals surface area contributed by atoms with Crippen LogP contribution in [0, 0.1) is 6.92 Å². The molecule has 3 N–H and O–H groups in total. The molecule has 1 amide bonds. The van der Waals surface area contributed by atoms with Crippen molar-refractivity contribution in [2.24, 2.45) is 5.73 Å². The van der Waals surface area contributed by atoms with E-state index in [1.165, 1.54) is 17.5 Å². The number of nitrogens with two attached hydrogens (primary N) is 1. The molecule has 1 aromatic carbocycles. The minimum atomic E-state index is -0.180. The maximum atomic E-state index is 11.9. The number of aryl methyl sites for hydroxylation is 1. The lowest BCUT2D eigenvalue weighted by Gasteiger charge is -2.09. The number of carbonyl (C=O) groups is 1. The maximum absolute atomic E-state index is 11.9. The Kier molecular flexibility index (Phi) is 3.69. The summed E-state index contributed by atoms with van der Waals surface area (Å²) >= 11 is 6.21. The summed E-state index contributed by atoms with van der Waals surface area (Å²) in [5, 5.41) is 2.82. The predicted octanol–water partition coefficient (Wildman–Crippen LogP) is 2.34. The van der Waals surface area contributed by atoms with Crippen LogP contribution in [-0.2, 0) is 0 Å². The van der Waals surface area contributed by atoms with E-state index in [1.54, 1.807) is 11.6 Å². The largest absolute Gasteiger partial charge is 0.389 e. The third-order valence-corrected chi connectivity index (χ3v) is 3.43. The van der Waals surface area contributed by atoms with E-state index >= 15 is 0 Å². The summed E-state index contributed by atoms with van der Waals surface area (Å²) in [4.78, 5) is 16.6. The van der Waals surface area contributed by atoms with E-state index in [9.17, 15) is 4.79 Å². The topological polar surface area (TPSA) is 68.0 Å². The third-order valence-electron chi connectivity index (χ3n) is 2.43. The summed E-state index contributed by atoms with van der Waals surface area (Å²) in [5.74, 6) is -0.180. The van der Waals surface area contributed by atoms with Gasteiger partial charge in [-0.05, 0) is 18.6 Å². The van der Waals surface area contributed by atoms with Gasteiger partial charge in [-0.2, -0.15) is 0 Å². The molecule has 0 saturated heterocycles. The second kappa shape index (κ2) is 5.24. The molecule has 0 radical (unpaired) electrons. The fourth-order valence-electron chi connectivity index (χ4n) is 1.42. The first kappa shape index (κ1) is 12.7. The van der Waals surface area contributed by atoms with Crippen LogP contribution in [0.4, 0.5) is 5.69 Å². The average Bonchev–Trinajstić information content (AvgIpc) is 2.85. The number of hydrogen-bond acceptors (Lipinski definition) is 4. The van der Waals surface area contributed by atoms with E-state index in [2.05, 4.69) is 10.3 Å². The number of amides is 1. The smallest absolute Gasteiger partial charge is 0.267 e. The Morgan fingerprint density at radius 2 is 2.28 bits per heavy atom. The van der Waals surface area contributed by atoms with E-state index in [0.29, 0.717) is 15.6 Å². The van der Waals surface area contributed by atoms with Crippen LogP contribution in [0.25, 0.3) is 0 Å². The molecule has 4 nitrogen and oxygen atoms in total. The monoisotopic (exact) mass is 277 g/mol. The lowest BCUT2D eigenvalue weighted by atomic mass is 10.1. The molecule has 0 aliphatic carbocycles. The second-order valence-electron chi connectivity index (χ2n) is 3.71.